The molecule has 78 valence electrons. The summed E-state index contributed by atoms with van der Waals surface area (Å²) in [5, 5.41) is 8.60. The summed E-state index contributed by atoms with van der Waals surface area (Å²) in [6.07, 6.45) is 3.64. The monoisotopic (exact) mass is 188 g/mol. The van der Waals surface area contributed by atoms with Gasteiger partial charge in [-0.15, -0.1) is 0 Å². The Bertz CT molecular complexity index is 128. The maximum atomic E-state index is 8.60. The van der Waals surface area contributed by atoms with Crippen molar-refractivity contribution in [3.8, 4) is 0 Å². The maximum Gasteiger partial charge on any atom is 0.0624 e. The zero-order chi connectivity index (χ0) is 9.68. The molecule has 0 saturated carbocycles. The van der Waals surface area contributed by atoms with E-state index in [1.54, 1.807) is 0 Å². The van der Waals surface area contributed by atoms with Crippen LogP contribution in [0.1, 0.15) is 33.1 Å². The molecular weight excluding hydrogens is 168 g/mol. The minimum Gasteiger partial charge on any atom is -0.396 e. The molecule has 13 heavy (non-hydrogen) atoms. The first-order chi connectivity index (χ1) is 6.22. The SMILES string of the molecule is CC1CC(OCCCO)CC(C)O1. The highest BCUT2D eigenvalue weighted by Gasteiger charge is 2.24. The molecule has 0 bridgehead atoms. The van der Waals surface area contributed by atoms with Crippen LogP contribution in [0.4, 0.5) is 0 Å². The molecule has 0 aromatic carbocycles. The van der Waals surface area contributed by atoms with Crippen LogP contribution in [-0.4, -0.2) is 36.6 Å². The van der Waals surface area contributed by atoms with E-state index in [-0.39, 0.29) is 6.61 Å². The van der Waals surface area contributed by atoms with Crippen LogP contribution < -0.4 is 0 Å². The van der Waals surface area contributed by atoms with Crippen molar-refractivity contribution in [2.45, 2.75) is 51.4 Å². The van der Waals surface area contributed by atoms with E-state index in [0.717, 1.165) is 19.3 Å². The van der Waals surface area contributed by atoms with E-state index in [0.29, 0.717) is 24.9 Å². The highest BCUT2D eigenvalue weighted by molar-refractivity contribution is 4.73. The molecule has 3 heteroatoms. The Morgan fingerprint density at radius 1 is 1.31 bits per heavy atom. The van der Waals surface area contributed by atoms with Crippen LogP contribution in [0.25, 0.3) is 0 Å². The van der Waals surface area contributed by atoms with Gasteiger partial charge in [0.1, 0.15) is 0 Å². The van der Waals surface area contributed by atoms with Gasteiger partial charge < -0.3 is 14.6 Å². The fourth-order valence-corrected chi connectivity index (χ4v) is 1.79. The summed E-state index contributed by atoms with van der Waals surface area (Å²) >= 11 is 0. The molecule has 0 spiro atoms. The lowest BCUT2D eigenvalue weighted by molar-refractivity contribution is -0.102. The van der Waals surface area contributed by atoms with Gasteiger partial charge in [-0.1, -0.05) is 0 Å². The van der Waals surface area contributed by atoms with Crippen molar-refractivity contribution in [2.75, 3.05) is 13.2 Å². The van der Waals surface area contributed by atoms with E-state index < -0.39 is 0 Å². The summed E-state index contributed by atoms with van der Waals surface area (Å²) < 4.78 is 11.2. The number of aliphatic hydroxyl groups excluding tert-OH is 1. The summed E-state index contributed by atoms with van der Waals surface area (Å²) in [6, 6.07) is 0. The molecular formula is C10H20O3. The molecule has 0 radical (unpaired) electrons. The van der Waals surface area contributed by atoms with Crippen LogP contribution in [0.2, 0.25) is 0 Å². The summed E-state index contributed by atoms with van der Waals surface area (Å²) in [4.78, 5) is 0. The minimum absolute atomic E-state index is 0.217. The zero-order valence-electron chi connectivity index (χ0n) is 8.53. The third kappa shape index (κ3) is 4.07. The predicted molar refractivity (Wildman–Crippen MR) is 50.7 cm³/mol. The summed E-state index contributed by atoms with van der Waals surface area (Å²) in [5.41, 5.74) is 0. The topological polar surface area (TPSA) is 38.7 Å². The number of aliphatic hydroxyl groups is 1. The highest BCUT2D eigenvalue weighted by atomic mass is 16.5. The normalized spacial score (nSPS) is 34.8. The van der Waals surface area contributed by atoms with Gasteiger partial charge in [0, 0.05) is 13.2 Å². The lowest BCUT2D eigenvalue weighted by Gasteiger charge is -2.31. The second-order valence-corrected chi connectivity index (χ2v) is 3.80. The van der Waals surface area contributed by atoms with Crippen molar-refractivity contribution in [3.63, 3.8) is 0 Å². The van der Waals surface area contributed by atoms with Gasteiger partial charge in [0.15, 0.2) is 0 Å². The Kier molecular flexibility index (Phi) is 4.70. The molecule has 2 atom stereocenters. The smallest absolute Gasteiger partial charge is 0.0624 e. The third-order valence-corrected chi connectivity index (χ3v) is 2.31. The molecule has 1 heterocycles. The Morgan fingerprint density at radius 3 is 2.46 bits per heavy atom. The predicted octanol–water partition coefficient (Wildman–Crippen LogP) is 1.34. The Balaban J connectivity index is 2.17. The molecule has 3 nitrogen and oxygen atoms in total. The number of rotatable bonds is 4. The molecule has 1 saturated heterocycles. The summed E-state index contributed by atoms with van der Waals surface area (Å²) in [6.45, 7) is 5.05. The molecule has 0 aromatic rings. The lowest BCUT2D eigenvalue weighted by atomic mass is 10.0. The molecule has 1 fully saturated rings. The second-order valence-electron chi connectivity index (χ2n) is 3.80. The van der Waals surface area contributed by atoms with Crippen molar-refractivity contribution in [3.05, 3.63) is 0 Å². The van der Waals surface area contributed by atoms with Crippen LogP contribution in [0.15, 0.2) is 0 Å². The van der Waals surface area contributed by atoms with Crippen LogP contribution >= 0.6 is 0 Å². The second kappa shape index (κ2) is 5.58. The molecule has 0 amide bonds. The lowest BCUT2D eigenvalue weighted by Crippen LogP contribution is -2.34. The van der Waals surface area contributed by atoms with E-state index >= 15 is 0 Å². The van der Waals surface area contributed by atoms with Crippen LogP contribution in [0, 0.1) is 0 Å². The fraction of sp³-hybridized carbons (Fsp3) is 1.00. The molecule has 0 aliphatic carbocycles. The first kappa shape index (κ1) is 11.0. The van der Waals surface area contributed by atoms with Gasteiger partial charge in [-0.2, -0.15) is 0 Å². The van der Waals surface area contributed by atoms with E-state index in [4.69, 9.17) is 14.6 Å². The molecule has 2 unspecified atom stereocenters. The fourth-order valence-electron chi connectivity index (χ4n) is 1.79. The minimum atomic E-state index is 0.217. The van der Waals surface area contributed by atoms with Crippen LogP contribution in [0.3, 0.4) is 0 Å². The van der Waals surface area contributed by atoms with Crippen molar-refractivity contribution < 1.29 is 14.6 Å². The molecule has 0 aromatic heterocycles. The molecule has 1 aliphatic heterocycles. The third-order valence-electron chi connectivity index (χ3n) is 2.31. The average molecular weight is 188 g/mol. The number of hydrogen-bond donors (Lipinski definition) is 1. The quantitative estimate of drug-likeness (QED) is 0.677. The first-order valence-corrected chi connectivity index (χ1v) is 5.10. The first-order valence-electron chi connectivity index (χ1n) is 5.10. The van der Waals surface area contributed by atoms with E-state index in [1.807, 2.05) is 0 Å². The molecule has 1 N–H and O–H groups in total. The van der Waals surface area contributed by atoms with Crippen LogP contribution in [0.5, 0.6) is 0 Å². The largest absolute Gasteiger partial charge is 0.396 e. The maximum absolute atomic E-state index is 8.60. The van der Waals surface area contributed by atoms with E-state index in [9.17, 15) is 0 Å². The highest BCUT2D eigenvalue weighted by Crippen LogP contribution is 2.21. The van der Waals surface area contributed by atoms with Gasteiger partial charge in [0.25, 0.3) is 0 Å². The Morgan fingerprint density at radius 2 is 1.92 bits per heavy atom. The van der Waals surface area contributed by atoms with Crippen molar-refractivity contribution in [1.82, 2.24) is 0 Å². The van der Waals surface area contributed by atoms with Crippen LogP contribution in [-0.2, 0) is 9.47 Å². The van der Waals surface area contributed by atoms with E-state index in [1.165, 1.54) is 0 Å². The average Bonchev–Trinajstić information content (AvgIpc) is 2.03. The van der Waals surface area contributed by atoms with Crippen molar-refractivity contribution >= 4 is 0 Å². The van der Waals surface area contributed by atoms with Crippen molar-refractivity contribution in [2.24, 2.45) is 0 Å². The molecule has 1 rings (SSSR count). The van der Waals surface area contributed by atoms with Gasteiger partial charge in [0.2, 0.25) is 0 Å². The van der Waals surface area contributed by atoms with Gasteiger partial charge in [-0.3, -0.25) is 0 Å². The zero-order valence-corrected chi connectivity index (χ0v) is 8.53. The Labute approximate surface area is 80.0 Å². The summed E-state index contributed by atoms with van der Waals surface area (Å²) in [7, 11) is 0. The van der Waals surface area contributed by atoms with Gasteiger partial charge >= 0.3 is 0 Å². The van der Waals surface area contributed by atoms with Gasteiger partial charge in [0.05, 0.1) is 18.3 Å². The number of ether oxygens (including phenoxy) is 2. The van der Waals surface area contributed by atoms with E-state index in [2.05, 4.69) is 13.8 Å². The summed E-state index contributed by atoms with van der Waals surface area (Å²) in [5.74, 6) is 0. The molecule has 1 aliphatic rings. The van der Waals surface area contributed by atoms with Gasteiger partial charge in [-0.25, -0.2) is 0 Å². The number of hydrogen-bond acceptors (Lipinski definition) is 3. The van der Waals surface area contributed by atoms with Crippen molar-refractivity contribution in [1.29, 1.82) is 0 Å². The standard InChI is InChI=1S/C10H20O3/c1-8-6-10(7-9(2)13-8)12-5-3-4-11/h8-11H,3-7H2,1-2H3. The Hall–Kier alpha value is -0.120. The van der Waals surface area contributed by atoms with Gasteiger partial charge in [-0.05, 0) is 33.1 Å².